The molecule has 138 valence electrons. The van der Waals surface area contributed by atoms with Crippen LogP contribution >= 0.6 is 0 Å². The summed E-state index contributed by atoms with van der Waals surface area (Å²) in [5.74, 6) is 0. The number of rotatable bonds is 13. The lowest BCUT2D eigenvalue weighted by Crippen LogP contribution is -1.99. The summed E-state index contributed by atoms with van der Waals surface area (Å²) in [6.45, 7) is 2.46. The molecule has 0 unspecified atom stereocenters. The third-order valence-electron chi connectivity index (χ3n) is 3.87. The van der Waals surface area contributed by atoms with Crippen LogP contribution < -0.4 is 0 Å². The second-order valence-corrected chi connectivity index (χ2v) is 6.24. The van der Waals surface area contributed by atoms with Gasteiger partial charge in [-0.15, -0.1) is 0 Å². The highest BCUT2D eigenvalue weighted by atomic mass is 16.3. The Bertz CT molecular complexity index is 535. The van der Waals surface area contributed by atoms with E-state index in [0.717, 1.165) is 37.1 Å². The van der Waals surface area contributed by atoms with Crippen molar-refractivity contribution in [3.63, 3.8) is 0 Å². The van der Waals surface area contributed by atoms with E-state index < -0.39 is 6.10 Å². The van der Waals surface area contributed by atoms with Gasteiger partial charge in [0.1, 0.15) is 0 Å². The normalized spacial score (nSPS) is 13.4. The van der Waals surface area contributed by atoms with Gasteiger partial charge in [-0.25, -0.2) is 4.98 Å². The second kappa shape index (κ2) is 14.6. The van der Waals surface area contributed by atoms with Crippen LogP contribution in [0.1, 0.15) is 69.7 Å². The number of nitrogens with zero attached hydrogens (tertiary/aromatic N) is 1. The monoisotopic (exact) mass is 343 g/mol. The van der Waals surface area contributed by atoms with E-state index in [1.54, 1.807) is 6.08 Å². The lowest BCUT2D eigenvalue weighted by molar-refractivity contribution is 0.227. The first-order valence-corrected chi connectivity index (χ1v) is 9.52. The zero-order valence-corrected chi connectivity index (χ0v) is 15.5. The van der Waals surface area contributed by atoms with E-state index in [9.17, 15) is 5.11 Å². The van der Waals surface area contributed by atoms with Crippen molar-refractivity contribution in [2.75, 3.05) is 6.61 Å². The number of hydrogen-bond acceptors (Lipinski definition) is 3. The van der Waals surface area contributed by atoms with E-state index in [4.69, 9.17) is 5.11 Å². The third-order valence-corrected chi connectivity index (χ3v) is 3.87. The molecule has 1 atom stereocenters. The molecular formula is C22H33NO2. The van der Waals surface area contributed by atoms with Crippen LogP contribution in [-0.2, 0) is 0 Å². The minimum atomic E-state index is -0.470. The molecule has 0 radical (unpaired) electrons. The van der Waals surface area contributed by atoms with Gasteiger partial charge in [0, 0.05) is 6.61 Å². The summed E-state index contributed by atoms with van der Waals surface area (Å²) in [4.78, 5) is 4.54. The van der Waals surface area contributed by atoms with Crippen molar-refractivity contribution in [2.45, 2.75) is 64.4 Å². The fourth-order valence-electron chi connectivity index (χ4n) is 2.39. The fraction of sp³-hybridized carbons (Fsp3) is 0.500. The van der Waals surface area contributed by atoms with E-state index in [2.05, 4.69) is 30.1 Å². The molecule has 2 N–H and O–H groups in total. The third kappa shape index (κ3) is 11.5. The maximum absolute atomic E-state index is 10.0. The van der Waals surface area contributed by atoms with Crippen LogP contribution in [0.15, 0.2) is 42.5 Å². The lowest BCUT2D eigenvalue weighted by Gasteiger charge is -2.01. The van der Waals surface area contributed by atoms with Gasteiger partial charge in [-0.05, 0) is 62.8 Å². The Morgan fingerprint density at radius 2 is 1.68 bits per heavy atom. The van der Waals surface area contributed by atoms with Gasteiger partial charge in [-0.2, -0.15) is 0 Å². The van der Waals surface area contributed by atoms with Gasteiger partial charge in [0.25, 0.3) is 0 Å². The minimum absolute atomic E-state index is 0.253. The smallest absolute Gasteiger partial charge is 0.0759 e. The summed E-state index contributed by atoms with van der Waals surface area (Å²) in [6, 6.07) is 5.88. The molecular weight excluding hydrogens is 310 g/mol. The van der Waals surface area contributed by atoms with E-state index in [1.165, 1.54) is 19.3 Å². The molecule has 0 aliphatic carbocycles. The predicted molar refractivity (Wildman–Crippen MR) is 107 cm³/mol. The highest BCUT2D eigenvalue weighted by Crippen LogP contribution is 2.07. The number of aliphatic hydroxyl groups is 2. The molecule has 0 fully saturated rings. The molecule has 0 spiro atoms. The van der Waals surface area contributed by atoms with Gasteiger partial charge in [-0.3, -0.25) is 0 Å². The van der Waals surface area contributed by atoms with Crippen LogP contribution in [0.3, 0.4) is 0 Å². The van der Waals surface area contributed by atoms with Crippen LogP contribution in [0.25, 0.3) is 12.2 Å². The van der Waals surface area contributed by atoms with Crippen LogP contribution in [-0.4, -0.2) is 27.9 Å². The largest absolute Gasteiger partial charge is 0.396 e. The first-order chi connectivity index (χ1) is 12.3. The number of aromatic nitrogens is 1. The first kappa shape index (κ1) is 21.3. The summed E-state index contributed by atoms with van der Waals surface area (Å²) in [7, 11) is 0. The van der Waals surface area contributed by atoms with Crippen molar-refractivity contribution >= 4 is 12.2 Å². The Morgan fingerprint density at radius 1 is 0.960 bits per heavy atom. The summed E-state index contributed by atoms with van der Waals surface area (Å²) in [5, 5.41) is 18.8. The van der Waals surface area contributed by atoms with Gasteiger partial charge >= 0.3 is 0 Å². The molecule has 3 heteroatoms. The van der Waals surface area contributed by atoms with Crippen molar-refractivity contribution in [3.05, 3.63) is 53.9 Å². The maximum atomic E-state index is 10.0. The fourth-order valence-corrected chi connectivity index (χ4v) is 2.39. The minimum Gasteiger partial charge on any atom is -0.396 e. The summed E-state index contributed by atoms with van der Waals surface area (Å²) in [6.07, 6.45) is 19.8. The van der Waals surface area contributed by atoms with E-state index in [1.807, 2.05) is 30.4 Å². The number of hydrogen-bond donors (Lipinski definition) is 2. The van der Waals surface area contributed by atoms with Gasteiger partial charge in [-0.1, -0.05) is 50.1 Å². The van der Waals surface area contributed by atoms with Gasteiger partial charge in [0.2, 0.25) is 0 Å². The van der Waals surface area contributed by atoms with Crippen LogP contribution in [0, 0.1) is 0 Å². The Kier molecular flexibility index (Phi) is 12.5. The van der Waals surface area contributed by atoms with E-state index in [-0.39, 0.29) is 6.61 Å². The molecule has 3 nitrogen and oxygen atoms in total. The average Bonchev–Trinajstić information content (AvgIpc) is 2.63. The van der Waals surface area contributed by atoms with Crippen LogP contribution in [0.2, 0.25) is 0 Å². The standard InChI is InChI=1S/C22H33NO2/c1-2-3-4-5-6-10-16-22(25)18-17-21-15-12-14-20(23-21)13-9-7-8-11-19-24/h6,9-10,12-15,17-18,22,24-25H,2-5,7-8,11,16,19H2,1H3/b10-6-,13-9-,18-17+/t22-/m1/s1. The van der Waals surface area contributed by atoms with Crippen molar-refractivity contribution in [2.24, 2.45) is 0 Å². The molecule has 1 heterocycles. The van der Waals surface area contributed by atoms with E-state index >= 15 is 0 Å². The number of unbranched alkanes of at least 4 members (excludes halogenated alkanes) is 5. The van der Waals surface area contributed by atoms with Crippen molar-refractivity contribution < 1.29 is 10.2 Å². The Balaban J connectivity index is 2.39. The lowest BCUT2D eigenvalue weighted by atomic mass is 10.1. The van der Waals surface area contributed by atoms with Crippen molar-refractivity contribution in [1.29, 1.82) is 0 Å². The number of pyridine rings is 1. The summed E-state index contributed by atoms with van der Waals surface area (Å²) < 4.78 is 0. The number of aliphatic hydroxyl groups excluding tert-OH is 2. The molecule has 0 aromatic carbocycles. The molecule has 0 bridgehead atoms. The molecule has 1 rings (SSSR count). The molecule has 0 aliphatic rings. The van der Waals surface area contributed by atoms with Gasteiger partial charge in [0.05, 0.1) is 17.5 Å². The Labute approximate surface area is 152 Å². The summed E-state index contributed by atoms with van der Waals surface area (Å²) >= 11 is 0. The van der Waals surface area contributed by atoms with Crippen LogP contribution in [0.4, 0.5) is 0 Å². The maximum Gasteiger partial charge on any atom is 0.0759 e. The summed E-state index contributed by atoms with van der Waals surface area (Å²) in [5.41, 5.74) is 1.76. The molecule has 1 aromatic heterocycles. The van der Waals surface area contributed by atoms with Crippen LogP contribution in [0.5, 0.6) is 0 Å². The predicted octanol–water partition coefficient (Wildman–Crippen LogP) is 5.16. The van der Waals surface area contributed by atoms with Crippen molar-refractivity contribution in [3.8, 4) is 0 Å². The number of allylic oxidation sites excluding steroid dienone is 2. The quantitative estimate of drug-likeness (QED) is 0.384. The first-order valence-electron chi connectivity index (χ1n) is 9.52. The van der Waals surface area contributed by atoms with Gasteiger partial charge in [0.15, 0.2) is 0 Å². The molecule has 0 aliphatic heterocycles. The average molecular weight is 344 g/mol. The zero-order chi connectivity index (χ0) is 18.2. The zero-order valence-electron chi connectivity index (χ0n) is 15.5. The highest BCUT2D eigenvalue weighted by Gasteiger charge is 1.97. The second-order valence-electron chi connectivity index (χ2n) is 6.24. The van der Waals surface area contributed by atoms with Crippen molar-refractivity contribution in [1.82, 2.24) is 4.98 Å². The Morgan fingerprint density at radius 3 is 2.44 bits per heavy atom. The molecule has 0 saturated carbocycles. The highest BCUT2D eigenvalue weighted by molar-refractivity contribution is 5.51. The SMILES string of the molecule is CCCCC/C=C\C[C@@H](O)/C=C/c1cccc(/C=C\CCCCO)n1. The molecule has 0 amide bonds. The van der Waals surface area contributed by atoms with E-state index in [0.29, 0.717) is 6.42 Å². The molecule has 0 saturated heterocycles. The molecule has 1 aromatic rings. The topological polar surface area (TPSA) is 53.4 Å². The molecule has 25 heavy (non-hydrogen) atoms. The van der Waals surface area contributed by atoms with Gasteiger partial charge < -0.3 is 10.2 Å². The Hall–Kier alpha value is -1.71.